The third-order valence-corrected chi connectivity index (χ3v) is 6.89. The second-order valence-corrected chi connectivity index (χ2v) is 8.51. The molecule has 6 rings (SSSR count). The first-order chi connectivity index (χ1) is 13.6. The van der Waals surface area contributed by atoms with Crippen molar-refractivity contribution in [1.82, 2.24) is 4.57 Å². The normalized spacial score (nSPS) is 16.0. The zero-order valence-corrected chi connectivity index (χ0v) is 16.7. The van der Waals surface area contributed by atoms with Crippen molar-refractivity contribution in [3.63, 3.8) is 0 Å². The highest BCUT2D eigenvalue weighted by Crippen LogP contribution is 2.52. The molecule has 0 bridgehead atoms. The largest absolute Gasteiger partial charge is 0.448 e. The molecule has 0 N–H and O–H groups in total. The van der Waals surface area contributed by atoms with E-state index in [9.17, 15) is 0 Å². The van der Waals surface area contributed by atoms with E-state index in [0.29, 0.717) is 5.92 Å². The van der Waals surface area contributed by atoms with Gasteiger partial charge in [0.05, 0.1) is 21.9 Å². The number of hydrogen-bond acceptors (Lipinski definition) is 1. The summed E-state index contributed by atoms with van der Waals surface area (Å²) in [5.41, 5.74) is 7.84. The molecule has 1 aliphatic carbocycles. The fourth-order valence-corrected chi connectivity index (χ4v) is 5.56. The zero-order chi connectivity index (χ0) is 19.0. The lowest BCUT2D eigenvalue weighted by Crippen LogP contribution is -2.34. The Balaban J connectivity index is 1.81. The minimum absolute atomic E-state index is 0.588. The highest BCUT2D eigenvalue weighted by Gasteiger charge is 2.37. The number of hydrogen-bond donors (Lipinski definition) is 0. The molecule has 3 heterocycles. The second-order valence-electron chi connectivity index (χ2n) is 8.51. The summed E-state index contributed by atoms with van der Waals surface area (Å²) in [6.45, 7) is 2.23. The lowest BCUT2D eigenvalue weighted by atomic mass is 9.88. The Morgan fingerprint density at radius 1 is 1.07 bits per heavy atom. The van der Waals surface area contributed by atoms with Crippen LogP contribution < -0.4 is 9.30 Å². The maximum atomic E-state index is 6.72. The molecule has 2 aromatic heterocycles. The first-order valence-corrected chi connectivity index (χ1v) is 10.4. The van der Waals surface area contributed by atoms with E-state index in [2.05, 4.69) is 72.7 Å². The van der Waals surface area contributed by atoms with Gasteiger partial charge in [-0.2, -0.15) is 4.57 Å². The third-order valence-electron chi connectivity index (χ3n) is 6.89. The summed E-state index contributed by atoms with van der Waals surface area (Å²) in [6, 6.07) is 13.3. The molecule has 28 heavy (non-hydrogen) atoms. The number of aromatic nitrogens is 2. The predicted molar refractivity (Wildman–Crippen MR) is 113 cm³/mol. The van der Waals surface area contributed by atoms with Gasteiger partial charge in [-0.15, -0.1) is 0 Å². The van der Waals surface area contributed by atoms with Crippen molar-refractivity contribution < 1.29 is 9.30 Å². The molecule has 0 saturated heterocycles. The minimum Gasteiger partial charge on any atom is -0.448 e. The van der Waals surface area contributed by atoms with Gasteiger partial charge in [-0.1, -0.05) is 31.0 Å². The standard InChI is InChI=1S/C25H25N2O/c1-15-12-13-19-23-20(14-26(19)2)28-25-22(16-8-4-5-9-16)17-10-6-7-11-18(17)27(3)24(25)21(15)23/h6-7,10-14,16H,4-5,8-9H2,1-3H3/q+1. The number of pyridine rings is 1. The highest BCUT2D eigenvalue weighted by atomic mass is 16.5. The summed E-state index contributed by atoms with van der Waals surface area (Å²) >= 11 is 0. The summed E-state index contributed by atoms with van der Waals surface area (Å²) in [4.78, 5) is 0. The average molecular weight is 369 g/mol. The van der Waals surface area contributed by atoms with Gasteiger partial charge in [0.15, 0.2) is 5.75 Å². The average Bonchev–Trinajstić information content (AvgIpc) is 3.33. The summed E-state index contributed by atoms with van der Waals surface area (Å²) < 4.78 is 11.3. The molecular weight excluding hydrogens is 344 g/mol. The van der Waals surface area contributed by atoms with Gasteiger partial charge >= 0.3 is 0 Å². The molecule has 0 unspecified atom stereocenters. The van der Waals surface area contributed by atoms with Crippen LogP contribution in [0.2, 0.25) is 0 Å². The van der Waals surface area contributed by atoms with Crippen LogP contribution in [-0.4, -0.2) is 4.57 Å². The van der Waals surface area contributed by atoms with Gasteiger partial charge in [0.2, 0.25) is 11.3 Å². The lowest BCUT2D eigenvalue weighted by molar-refractivity contribution is -0.633. The Bertz CT molecular complexity index is 1280. The van der Waals surface area contributed by atoms with E-state index < -0.39 is 0 Å². The Labute approximate surface area is 165 Å². The summed E-state index contributed by atoms with van der Waals surface area (Å²) in [6.07, 6.45) is 7.31. The molecule has 2 aliphatic rings. The van der Waals surface area contributed by atoms with Crippen LogP contribution >= 0.6 is 0 Å². The Morgan fingerprint density at radius 3 is 2.68 bits per heavy atom. The molecule has 3 heteroatoms. The number of aryl methyl sites for hydroxylation is 3. The van der Waals surface area contributed by atoms with Crippen molar-refractivity contribution in [2.45, 2.75) is 38.5 Å². The van der Waals surface area contributed by atoms with Crippen molar-refractivity contribution in [2.75, 3.05) is 0 Å². The van der Waals surface area contributed by atoms with E-state index in [1.807, 2.05) is 0 Å². The van der Waals surface area contributed by atoms with E-state index in [1.165, 1.54) is 69.9 Å². The molecular formula is C25H25N2O+. The van der Waals surface area contributed by atoms with Crippen LogP contribution in [0.3, 0.4) is 0 Å². The van der Waals surface area contributed by atoms with Gasteiger partial charge in [-0.25, -0.2) is 0 Å². The molecule has 0 amide bonds. The second kappa shape index (κ2) is 5.60. The molecule has 1 saturated carbocycles. The van der Waals surface area contributed by atoms with Crippen LogP contribution in [-0.2, 0) is 14.1 Å². The fraction of sp³-hybridized carbons (Fsp3) is 0.320. The number of rotatable bonds is 1. The van der Waals surface area contributed by atoms with Crippen molar-refractivity contribution in [3.8, 4) is 22.8 Å². The Hall–Kier alpha value is -2.81. The summed E-state index contributed by atoms with van der Waals surface area (Å²) in [5.74, 6) is 2.67. The van der Waals surface area contributed by atoms with E-state index >= 15 is 0 Å². The van der Waals surface area contributed by atoms with Crippen molar-refractivity contribution >= 4 is 21.8 Å². The van der Waals surface area contributed by atoms with Gasteiger partial charge in [0.1, 0.15) is 7.05 Å². The molecule has 0 atom stereocenters. The van der Waals surface area contributed by atoms with Crippen LogP contribution in [0, 0.1) is 6.92 Å². The maximum Gasteiger partial charge on any atom is 0.257 e. The number of para-hydroxylation sites is 1. The van der Waals surface area contributed by atoms with Crippen LogP contribution in [0.1, 0.15) is 42.7 Å². The zero-order valence-electron chi connectivity index (χ0n) is 16.7. The maximum absolute atomic E-state index is 6.72. The lowest BCUT2D eigenvalue weighted by Gasteiger charge is -2.24. The van der Waals surface area contributed by atoms with E-state index in [1.54, 1.807) is 0 Å². The van der Waals surface area contributed by atoms with E-state index in [-0.39, 0.29) is 0 Å². The Kier molecular flexibility index (Phi) is 3.24. The van der Waals surface area contributed by atoms with Crippen LogP contribution in [0.15, 0.2) is 42.6 Å². The van der Waals surface area contributed by atoms with Gasteiger partial charge in [-0.3, -0.25) is 0 Å². The number of benzene rings is 2. The smallest absolute Gasteiger partial charge is 0.257 e. The molecule has 2 aromatic carbocycles. The molecule has 0 spiro atoms. The molecule has 140 valence electrons. The monoisotopic (exact) mass is 369 g/mol. The third kappa shape index (κ3) is 1.97. The summed E-state index contributed by atoms with van der Waals surface area (Å²) in [5, 5.41) is 2.60. The predicted octanol–water partition coefficient (Wildman–Crippen LogP) is 5.89. The van der Waals surface area contributed by atoms with E-state index in [0.717, 1.165) is 11.5 Å². The van der Waals surface area contributed by atoms with Gasteiger partial charge < -0.3 is 9.30 Å². The molecule has 4 aromatic rings. The van der Waals surface area contributed by atoms with Crippen LogP contribution in [0.5, 0.6) is 11.5 Å². The topological polar surface area (TPSA) is 18.0 Å². The van der Waals surface area contributed by atoms with E-state index in [4.69, 9.17) is 4.74 Å². The quantitative estimate of drug-likeness (QED) is 0.337. The van der Waals surface area contributed by atoms with Crippen LogP contribution in [0.25, 0.3) is 33.1 Å². The minimum atomic E-state index is 0.588. The number of nitrogens with zero attached hydrogens (tertiary/aromatic N) is 2. The highest BCUT2D eigenvalue weighted by molar-refractivity contribution is 6.04. The molecule has 0 radical (unpaired) electrons. The van der Waals surface area contributed by atoms with Gasteiger partial charge in [0.25, 0.3) is 5.69 Å². The van der Waals surface area contributed by atoms with Crippen LogP contribution in [0.4, 0.5) is 0 Å². The Morgan fingerprint density at radius 2 is 1.86 bits per heavy atom. The summed E-state index contributed by atoms with van der Waals surface area (Å²) in [7, 11) is 4.30. The van der Waals surface area contributed by atoms with Gasteiger partial charge in [-0.05, 0) is 43.4 Å². The molecule has 1 aliphatic heterocycles. The van der Waals surface area contributed by atoms with Crippen molar-refractivity contribution in [3.05, 3.63) is 53.7 Å². The van der Waals surface area contributed by atoms with Crippen molar-refractivity contribution in [1.29, 1.82) is 0 Å². The molecule has 3 nitrogen and oxygen atoms in total. The fourth-order valence-electron chi connectivity index (χ4n) is 5.56. The first-order valence-electron chi connectivity index (χ1n) is 10.4. The SMILES string of the molecule is Cc1ccc2c3c(cn2C)Oc2c(C4CCCC4)c4ccccc4[n+](C)c2-c13. The first kappa shape index (κ1) is 16.2. The van der Waals surface area contributed by atoms with Crippen molar-refractivity contribution in [2.24, 2.45) is 14.1 Å². The molecule has 1 fully saturated rings. The van der Waals surface area contributed by atoms with Gasteiger partial charge in [0, 0.05) is 24.9 Å². The number of fused-ring (bicyclic) bond motifs is 3. The number of ether oxygens (including phenoxy) is 1.